The molecule has 10 heteroatoms. The van der Waals surface area contributed by atoms with Crippen molar-refractivity contribution < 1.29 is 23.7 Å². The van der Waals surface area contributed by atoms with Gasteiger partial charge < -0.3 is 14.4 Å². The van der Waals surface area contributed by atoms with Crippen LogP contribution in [0, 0.1) is 26.0 Å². The summed E-state index contributed by atoms with van der Waals surface area (Å²) in [6, 6.07) is 8.24. The Kier molecular flexibility index (Phi) is 7.08. The molecular weight excluding hydrogens is 373 g/mol. The Bertz CT molecular complexity index is 855. The van der Waals surface area contributed by atoms with Gasteiger partial charge in [-0.2, -0.15) is 4.39 Å². The number of nitro benzene ring substituents is 2. The lowest BCUT2D eigenvalue weighted by atomic mass is 10.2. The molecule has 0 radical (unpaired) electrons. The van der Waals surface area contributed by atoms with Crippen molar-refractivity contribution in [1.29, 1.82) is 0 Å². The van der Waals surface area contributed by atoms with Crippen LogP contribution < -0.4 is 14.4 Å². The zero-order valence-electron chi connectivity index (χ0n) is 15.5. The molecule has 28 heavy (non-hydrogen) atoms. The fourth-order valence-corrected chi connectivity index (χ4v) is 2.76. The number of hydrogen-bond acceptors (Lipinski definition) is 7. The number of benzene rings is 2. The molecule has 0 aromatic heterocycles. The standard InChI is InChI=1S/C11H14N2O3.C7H6FNO3/c1-16-9-4-5-10(13(14)15)11(8-9)12-6-2-3-7-12;1-12-5-2-3-7(9(10)11)6(8)4-5/h4-5,8H,2-3,6-7H2,1H3;2-4H,1H3. The minimum absolute atomic E-state index is 0.155. The average molecular weight is 393 g/mol. The smallest absolute Gasteiger partial charge is 0.305 e. The van der Waals surface area contributed by atoms with Crippen molar-refractivity contribution in [2.24, 2.45) is 0 Å². The molecule has 1 aliphatic heterocycles. The summed E-state index contributed by atoms with van der Waals surface area (Å²) in [6.07, 6.45) is 2.18. The van der Waals surface area contributed by atoms with Gasteiger partial charge in [-0.05, 0) is 25.0 Å². The first-order chi connectivity index (χ1) is 13.4. The highest BCUT2D eigenvalue weighted by atomic mass is 19.1. The fourth-order valence-electron chi connectivity index (χ4n) is 2.76. The minimum atomic E-state index is -0.889. The highest BCUT2D eigenvalue weighted by molar-refractivity contribution is 5.66. The van der Waals surface area contributed by atoms with Gasteiger partial charge in [-0.3, -0.25) is 20.2 Å². The summed E-state index contributed by atoms with van der Waals surface area (Å²) >= 11 is 0. The maximum atomic E-state index is 12.8. The van der Waals surface area contributed by atoms with E-state index in [4.69, 9.17) is 4.74 Å². The SMILES string of the molecule is COc1ccc([N+](=O)[O-])c(F)c1.COc1ccc([N+](=O)[O-])c(N2CCCC2)c1. The van der Waals surface area contributed by atoms with Crippen molar-refractivity contribution in [2.75, 3.05) is 32.2 Å². The summed E-state index contributed by atoms with van der Waals surface area (Å²) in [5.41, 5.74) is 0.278. The number of rotatable bonds is 5. The van der Waals surface area contributed by atoms with E-state index in [9.17, 15) is 24.6 Å². The second-order valence-electron chi connectivity index (χ2n) is 5.88. The maximum Gasteiger partial charge on any atom is 0.305 e. The molecule has 0 aliphatic carbocycles. The van der Waals surface area contributed by atoms with E-state index in [1.54, 1.807) is 19.2 Å². The van der Waals surface area contributed by atoms with Gasteiger partial charge in [0.15, 0.2) is 0 Å². The van der Waals surface area contributed by atoms with E-state index in [1.807, 2.05) is 4.90 Å². The van der Waals surface area contributed by atoms with Crippen LogP contribution >= 0.6 is 0 Å². The molecule has 1 aliphatic rings. The van der Waals surface area contributed by atoms with Gasteiger partial charge in [0.25, 0.3) is 5.69 Å². The maximum absolute atomic E-state index is 12.8. The molecule has 2 aromatic rings. The van der Waals surface area contributed by atoms with E-state index in [2.05, 4.69) is 4.74 Å². The molecule has 1 fully saturated rings. The van der Waals surface area contributed by atoms with Crippen LogP contribution in [0.5, 0.6) is 11.5 Å². The molecule has 0 unspecified atom stereocenters. The van der Waals surface area contributed by atoms with Crippen molar-refractivity contribution in [3.63, 3.8) is 0 Å². The van der Waals surface area contributed by atoms with Gasteiger partial charge in [-0.15, -0.1) is 0 Å². The molecule has 150 valence electrons. The summed E-state index contributed by atoms with van der Waals surface area (Å²) in [5, 5.41) is 21.1. The third-order valence-electron chi connectivity index (χ3n) is 4.18. The Balaban J connectivity index is 0.000000209. The van der Waals surface area contributed by atoms with Crippen molar-refractivity contribution in [3.8, 4) is 11.5 Å². The molecular formula is C18H20FN3O6. The molecule has 0 N–H and O–H groups in total. The first kappa shape index (κ1) is 20.9. The van der Waals surface area contributed by atoms with E-state index in [0.29, 0.717) is 11.4 Å². The Morgan fingerprint density at radius 3 is 1.86 bits per heavy atom. The minimum Gasteiger partial charge on any atom is -0.497 e. The number of methoxy groups -OCH3 is 2. The number of nitrogens with zero attached hydrogens (tertiary/aromatic N) is 3. The summed E-state index contributed by atoms with van der Waals surface area (Å²) in [6.45, 7) is 1.77. The molecule has 2 aromatic carbocycles. The second-order valence-corrected chi connectivity index (χ2v) is 5.88. The van der Waals surface area contributed by atoms with Gasteiger partial charge in [0.05, 0.1) is 24.1 Å². The number of halogens is 1. The van der Waals surface area contributed by atoms with Crippen molar-refractivity contribution in [3.05, 3.63) is 62.4 Å². The summed E-state index contributed by atoms with van der Waals surface area (Å²) in [7, 11) is 2.93. The van der Waals surface area contributed by atoms with Crippen LogP contribution in [-0.4, -0.2) is 37.2 Å². The predicted octanol–water partition coefficient (Wildman–Crippen LogP) is 3.95. The lowest BCUT2D eigenvalue weighted by molar-refractivity contribution is -0.387. The quantitative estimate of drug-likeness (QED) is 0.559. The number of nitro groups is 2. The van der Waals surface area contributed by atoms with Crippen LogP contribution in [0.1, 0.15) is 12.8 Å². The summed E-state index contributed by atoms with van der Waals surface area (Å²) < 4.78 is 22.5. The van der Waals surface area contributed by atoms with Gasteiger partial charge in [0.1, 0.15) is 17.2 Å². The third kappa shape index (κ3) is 5.06. The monoisotopic (exact) mass is 393 g/mol. The van der Waals surface area contributed by atoms with Gasteiger partial charge in [0, 0.05) is 37.4 Å². The van der Waals surface area contributed by atoms with Crippen LogP contribution in [0.2, 0.25) is 0 Å². The van der Waals surface area contributed by atoms with Crippen molar-refractivity contribution in [1.82, 2.24) is 0 Å². The average Bonchev–Trinajstić information content (AvgIpc) is 3.22. The van der Waals surface area contributed by atoms with Gasteiger partial charge in [0.2, 0.25) is 5.82 Å². The lowest BCUT2D eigenvalue weighted by Gasteiger charge is -2.17. The van der Waals surface area contributed by atoms with E-state index >= 15 is 0 Å². The number of ether oxygens (including phenoxy) is 2. The third-order valence-corrected chi connectivity index (χ3v) is 4.18. The molecule has 0 bridgehead atoms. The lowest BCUT2D eigenvalue weighted by Crippen LogP contribution is -2.18. The van der Waals surface area contributed by atoms with Crippen LogP contribution in [0.4, 0.5) is 21.5 Å². The zero-order valence-corrected chi connectivity index (χ0v) is 15.5. The molecule has 1 heterocycles. The predicted molar refractivity (Wildman–Crippen MR) is 101 cm³/mol. The molecule has 0 saturated carbocycles. The normalized spacial score (nSPS) is 12.8. The zero-order chi connectivity index (χ0) is 20.7. The second kappa shape index (κ2) is 9.49. The van der Waals surface area contributed by atoms with Gasteiger partial charge >= 0.3 is 5.69 Å². The van der Waals surface area contributed by atoms with E-state index in [0.717, 1.165) is 38.1 Å². The summed E-state index contributed by atoms with van der Waals surface area (Å²) in [5.74, 6) is 0.0324. The highest BCUT2D eigenvalue weighted by Crippen LogP contribution is 2.33. The molecule has 0 spiro atoms. The fraction of sp³-hybridized carbons (Fsp3) is 0.333. The Morgan fingerprint density at radius 2 is 1.39 bits per heavy atom. The van der Waals surface area contributed by atoms with E-state index in [1.165, 1.54) is 19.2 Å². The molecule has 0 amide bonds. The van der Waals surface area contributed by atoms with Crippen LogP contribution in [0.3, 0.4) is 0 Å². The Morgan fingerprint density at radius 1 is 0.893 bits per heavy atom. The topological polar surface area (TPSA) is 108 Å². The number of hydrogen-bond donors (Lipinski definition) is 0. The summed E-state index contributed by atoms with van der Waals surface area (Å²) in [4.78, 5) is 22.0. The molecule has 0 atom stereocenters. The van der Waals surface area contributed by atoms with Crippen LogP contribution in [-0.2, 0) is 0 Å². The Hall–Kier alpha value is -3.43. The van der Waals surface area contributed by atoms with Crippen LogP contribution in [0.15, 0.2) is 36.4 Å². The van der Waals surface area contributed by atoms with Crippen molar-refractivity contribution >= 4 is 17.1 Å². The molecule has 9 nitrogen and oxygen atoms in total. The van der Waals surface area contributed by atoms with E-state index < -0.39 is 16.4 Å². The first-order valence-corrected chi connectivity index (χ1v) is 8.42. The Labute approximate surface area is 160 Å². The van der Waals surface area contributed by atoms with Crippen LogP contribution in [0.25, 0.3) is 0 Å². The first-order valence-electron chi connectivity index (χ1n) is 8.42. The highest BCUT2D eigenvalue weighted by Gasteiger charge is 2.22. The van der Waals surface area contributed by atoms with Crippen molar-refractivity contribution in [2.45, 2.75) is 12.8 Å². The molecule has 3 rings (SSSR count). The van der Waals surface area contributed by atoms with E-state index in [-0.39, 0.29) is 16.4 Å². The number of anilines is 1. The van der Waals surface area contributed by atoms with Gasteiger partial charge in [-0.1, -0.05) is 0 Å². The molecule has 1 saturated heterocycles. The largest absolute Gasteiger partial charge is 0.497 e. The van der Waals surface area contributed by atoms with Gasteiger partial charge in [-0.25, -0.2) is 0 Å².